The number of benzene rings is 1. The number of rotatable bonds is 2. The predicted molar refractivity (Wildman–Crippen MR) is 75.6 cm³/mol. The number of piperazine rings is 1. The van der Waals surface area contributed by atoms with E-state index in [0.717, 1.165) is 37.4 Å². The summed E-state index contributed by atoms with van der Waals surface area (Å²) in [6.07, 6.45) is 0. The molecule has 0 aliphatic carbocycles. The van der Waals surface area contributed by atoms with Crippen LogP contribution in [0.15, 0.2) is 24.3 Å². The maximum atomic E-state index is 11.6. The Bertz CT molecular complexity index is 520. The Kier molecular flexibility index (Phi) is 3.31. The van der Waals surface area contributed by atoms with Crippen molar-refractivity contribution in [2.24, 2.45) is 0 Å². The number of nitrogens with one attached hydrogen (secondary N) is 2. The lowest BCUT2D eigenvalue weighted by Gasteiger charge is -2.34. The first-order chi connectivity index (χ1) is 9.63. The van der Waals surface area contributed by atoms with Gasteiger partial charge in [-0.2, -0.15) is 0 Å². The third-order valence-corrected chi connectivity index (χ3v) is 3.87. The Morgan fingerprint density at radius 1 is 1.05 bits per heavy atom. The van der Waals surface area contributed by atoms with Gasteiger partial charge in [-0.3, -0.25) is 10.1 Å². The van der Waals surface area contributed by atoms with Crippen molar-refractivity contribution in [2.75, 3.05) is 38.1 Å². The van der Waals surface area contributed by atoms with Gasteiger partial charge in [0.2, 0.25) is 0 Å². The molecule has 2 N–H and O–H groups in total. The van der Waals surface area contributed by atoms with E-state index in [1.165, 1.54) is 0 Å². The zero-order valence-corrected chi connectivity index (χ0v) is 11.4. The SMILES string of the molecule is CN1CCN(c2ccc(C3NC(=O)NC3=O)cc2)CC1. The number of amides is 3. The molecule has 2 heterocycles. The first kappa shape index (κ1) is 12.9. The first-order valence-electron chi connectivity index (χ1n) is 6.78. The molecule has 1 unspecified atom stereocenters. The highest BCUT2D eigenvalue weighted by molar-refractivity contribution is 6.04. The first-order valence-corrected chi connectivity index (χ1v) is 6.78. The number of nitrogens with zero attached hydrogens (tertiary/aromatic N) is 2. The van der Waals surface area contributed by atoms with Gasteiger partial charge in [-0.05, 0) is 24.7 Å². The highest BCUT2D eigenvalue weighted by atomic mass is 16.2. The quantitative estimate of drug-likeness (QED) is 0.762. The van der Waals surface area contributed by atoms with E-state index in [9.17, 15) is 9.59 Å². The standard InChI is InChI=1S/C14H18N4O2/c1-17-6-8-18(9-7-17)11-4-2-10(3-5-11)12-13(19)16-14(20)15-12/h2-5,12H,6-9H2,1H3,(H2,15,16,19,20). The van der Waals surface area contributed by atoms with Gasteiger partial charge in [-0.25, -0.2) is 4.79 Å². The highest BCUT2D eigenvalue weighted by Crippen LogP contribution is 2.22. The van der Waals surface area contributed by atoms with Crippen LogP contribution in [0.4, 0.5) is 10.5 Å². The van der Waals surface area contributed by atoms with E-state index in [4.69, 9.17) is 0 Å². The monoisotopic (exact) mass is 274 g/mol. The van der Waals surface area contributed by atoms with Gasteiger partial charge in [-0.15, -0.1) is 0 Å². The van der Waals surface area contributed by atoms with Crippen molar-refractivity contribution in [1.29, 1.82) is 0 Å². The van der Waals surface area contributed by atoms with Crippen LogP contribution < -0.4 is 15.5 Å². The van der Waals surface area contributed by atoms with Crippen molar-refractivity contribution in [3.05, 3.63) is 29.8 Å². The topological polar surface area (TPSA) is 64.7 Å². The summed E-state index contributed by atoms with van der Waals surface area (Å²) in [5.74, 6) is -0.289. The third kappa shape index (κ3) is 2.46. The fourth-order valence-corrected chi connectivity index (χ4v) is 2.59. The van der Waals surface area contributed by atoms with Crippen molar-refractivity contribution in [2.45, 2.75) is 6.04 Å². The molecular weight excluding hydrogens is 256 g/mol. The van der Waals surface area contributed by atoms with Gasteiger partial charge in [0.1, 0.15) is 6.04 Å². The molecule has 6 heteroatoms. The van der Waals surface area contributed by atoms with Crippen LogP contribution in [0.25, 0.3) is 0 Å². The van der Waals surface area contributed by atoms with Crippen LogP contribution in [0.5, 0.6) is 0 Å². The Morgan fingerprint density at radius 3 is 2.25 bits per heavy atom. The second-order valence-corrected chi connectivity index (χ2v) is 5.28. The Balaban J connectivity index is 1.71. The van der Waals surface area contributed by atoms with Crippen LogP contribution in [-0.4, -0.2) is 50.1 Å². The van der Waals surface area contributed by atoms with Crippen LogP contribution in [0.2, 0.25) is 0 Å². The minimum absolute atomic E-state index is 0.289. The van der Waals surface area contributed by atoms with Crippen LogP contribution in [0.1, 0.15) is 11.6 Å². The summed E-state index contributed by atoms with van der Waals surface area (Å²) in [5, 5.41) is 4.85. The van der Waals surface area contributed by atoms with E-state index in [1.54, 1.807) is 0 Å². The molecule has 2 saturated heterocycles. The summed E-state index contributed by atoms with van der Waals surface area (Å²) in [6.45, 7) is 4.14. The van der Waals surface area contributed by atoms with Crippen molar-refractivity contribution < 1.29 is 9.59 Å². The molecule has 1 atom stereocenters. The Labute approximate surface area is 117 Å². The van der Waals surface area contributed by atoms with Gasteiger partial charge in [0.15, 0.2) is 0 Å². The van der Waals surface area contributed by atoms with Gasteiger partial charge in [-0.1, -0.05) is 12.1 Å². The van der Waals surface area contributed by atoms with E-state index >= 15 is 0 Å². The number of carbonyl (C=O) groups excluding carboxylic acids is 2. The summed E-state index contributed by atoms with van der Waals surface area (Å²) in [6, 6.07) is 6.84. The molecule has 0 spiro atoms. The fourth-order valence-electron chi connectivity index (χ4n) is 2.59. The second-order valence-electron chi connectivity index (χ2n) is 5.28. The largest absolute Gasteiger partial charge is 0.369 e. The molecule has 0 radical (unpaired) electrons. The number of hydrogen-bond donors (Lipinski definition) is 2. The van der Waals surface area contributed by atoms with E-state index in [1.807, 2.05) is 24.3 Å². The molecule has 0 aromatic heterocycles. The Morgan fingerprint density at radius 2 is 1.70 bits per heavy atom. The average molecular weight is 274 g/mol. The maximum Gasteiger partial charge on any atom is 0.322 e. The smallest absolute Gasteiger partial charge is 0.322 e. The molecule has 1 aromatic rings. The van der Waals surface area contributed by atoms with E-state index in [-0.39, 0.29) is 5.91 Å². The zero-order chi connectivity index (χ0) is 14.1. The minimum Gasteiger partial charge on any atom is -0.369 e. The molecule has 6 nitrogen and oxygen atoms in total. The van der Waals surface area contributed by atoms with Gasteiger partial charge in [0.05, 0.1) is 0 Å². The molecule has 1 aromatic carbocycles. The lowest BCUT2D eigenvalue weighted by molar-refractivity contribution is -0.120. The summed E-state index contributed by atoms with van der Waals surface area (Å²) < 4.78 is 0. The lowest BCUT2D eigenvalue weighted by atomic mass is 10.1. The molecule has 2 fully saturated rings. The van der Waals surface area contributed by atoms with Gasteiger partial charge in [0.25, 0.3) is 5.91 Å². The van der Waals surface area contributed by atoms with Crippen LogP contribution in [0, 0.1) is 0 Å². The number of urea groups is 1. The molecule has 106 valence electrons. The van der Waals surface area contributed by atoms with E-state index < -0.39 is 12.1 Å². The summed E-state index contributed by atoms with van der Waals surface area (Å²) >= 11 is 0. The molecule has 0 saturated carbocycles. The molecule has 20 heavy (non-hydrogen) atoms. The molecule has 2 aliphatic heterocycles. The molecule has 2 aliphatic rings. The number of anilines is 1. The van der Waals surface area contributed by atoms with Crippen molar-refractivity contribution >= 4 is 17.6 Å². The summed E-state index contributed by atoms with van der Waals surface area (Å²) in [7, 11) is 2.13. The average Bonchev–Trinajstić information content (AvgIpc) is 2.79. The molecule has 3 rings (SSSR count). The van der Waals surface area contributed by atoms with E-state index in [0.29, 0.717) is 0 Å². The van der Waals surface area contributed by atoms with Crippen molar-refractivity contribution in [3.8, 4) is 0 Å². The summed E-state index contributed by atoms with van der Waals surface area (Å²) in [5.41, 5.74) is 1.97. The second kappa shape index (κ2) is 5.13. The van der Waals surface area contributed by atoms with Crippen LogP contribution in [0.3, 0.4) is 0 Å². The van der Waals surface area contributed by atoms with Crippen molar-refractivity contribution in [3.63, 3.8) is 0 Å². The van der Waals surface area contributed by atoms with Crippen LogP contribution >= 0.6 is 0 Å². The number of likely N-dealkylation sites (N-methyl/N-ethyl adjacent to an activating group) is 1. The zero-order valence-electron chi connectivity index (χ0n) is 11.4. The van der Waals surface area contributed by atoms with Crippen LogP contribution in [-0.2, 0) is 4.79 Å². The predicted octanol–water partition coefficient (Wildman–Crippen LogP) is 0.319. The van der Waals surface area contributed by atoms with Gasteiger partial charge in [0, 0.05) is 31.9 Å². The number of imide groups is 1. The summed E-state index contributed by atoms with van der Waals surface area (Å²) in [4.78, 5) is 27.4. The van der Waals surface area contributed by atoms with Gasteiger partial charge >= 0.3 is 6.03 Å². The van der Waals surface area contributed by atoms with Gasteiger partial charge < -0.3 is 15.1 Å². The third-order valence-electron chi connectivity index (χ3n) is 3.87. The highest BCUT2D eigenvalue weighted by Gasteiger charge is 2.30. The molecule has 0 bridgehead atoms. The normalized spacial score (nSPS) is 23.6. The van der Waals surface area contributed by atoms with E-state index in [2.05, 4.69) is 27.5 Å². The molecule has 3 amide bonds. The number of hydrogen-bond acceptors (Lipinski definition) is 4. The lowest BCUT2D eigenvalue weighted by Crippen LogP contribution is -2.44. The van der Waals surface area contributed by atoms with Crippen molar-refractivity contribution in [1.82, 2.24) is 15.5 Å². The number of carbonyl (C=O) groups is 2. The minimum atomic E-state index is -0.566. The fraction of sp³-hybridized carbons (Fsp3) is 0.429. The molecular formula is C14H18N4O2. The Hall–Kier alpha value is -2.08. The maximum absolute atomic E-state index is 11.6.